The Balaban J connectivity index is 1.72. The van der Waals surface area contributed by atoms with E-state index in [1.165, 1.54) is 12.1 Å². The summed E-state index contributed by atoms with van der Waals surface area (Å²) in [4.78, 5) is 0. The van der Waals surface area contributed by atoms with E-state index in [4.69, 9.17) is 9.47 Å². The van der Waals surface area contributed by atoms with Gasteiger partial charge in [0.05, 0.1) is 24.8 Å². The molecule has 0 spiro atoms. The van der Waals surface area contributed by atoms with E-state index in [1.807, 2.05) is 44.2 Å². The second-order valence-electron chi connectivity index (χ2n) is 8.01. The highest BCUT2D eigenvalue weighted by Crippen LogP contribution is 2.38. The van der Waals surface area contributed by atoms with Gasteiger partial charge in [0.25, 0.3) is 0 Å². The molecule has 4 rings (SSSR count). The maximum absolute atomic E-state index is 13.1. The highest BCUT2D eigenvalue weighted by molar-refractivity contribution is 5.67. The molecule has 0 amide bonds. The monoisotopic (exact) mass is 484 g/mol. The third-order valence-electron chi connectivity index (χ3n) is 5.69. The molecule has 2 unspecified atom stereocenters. The van der Waals surface area contributed by atoms with Gasteiger partial charge < -0.3 is 19.9 Å². The predicted octanol–water partition coefficient (Wildman–Crippen LogP) is 6.18. The van der Waals surface area contributed by atoms with Gasteiger partial charge in [0.15, 0.2) is 11.5 Å². The van der Waals surface area contributed by atoms with Gasteiger partial charge >= 0.3 is 6.18 Å². The lowest BCUT2D eigenvalue weighted by Gasteiger charge is -2.33. The first-order valence-electron chi connectivity index (χ1n) is 11.4. The zero-order valence-electron chi connectivity index (χ0n) is 19.4. The van der Waals surface area contributed by atoms with E-state index in [0.717, 1.165) is 29.1 Å². The van der Waals surface area contributed by atoms with Crippen molar-refractivity contribution in [1.82, 2.24) is 10.6 Å². The molecule has 3 aromatic carbocycles. The fraction of sp³-hybridized carbons (Fsp3) is 0.259. The van der Waals surface area contributed by atoms with Crippen LogP contribution in [-0.4, -0.2) is 18.3 Å². The molecule has 0 radical (unpaired) electrons. The number of nitrogens with one attached hydrogen (secondary N) is 2. The Hall–Kier alpha value is -3.65. The number of para-hydroxylation sites is 1. The maximum Gasteiger partial charge on any atom is 0.416 e. The van der Waals surface area contributed by atoms with Crippen LogP contribution in [0.1, 0.15) is 48.3 Å². The highest BCUT2D eigenvalue weighted by Gasteiger charge is 2.31. The van der Waals surface area contributed by atoms with Gasteiger partial charge in [0.1, 0.15) is 11.9 Å². The Kier molecular flexibility index (Phi) is 7.21. The molecule has 1 aliphatic rings. The van der Waals surface area contributed by atoms with E-state index in [0.29, 0.717) is 30.1 Å². The van der Waals surface area contributed by atoms with E-state index in [1.54, 1.807) is 18.2 Å². The van der Waals surface area contributed by atoms with Gasteiger partial charge in [-0.05, 0) is 73.5 Å². The van der Waals surface area contributed by atoms with Gasteiger partial charge in [-0.15, -0.1) is 0 Å². The number of halogens is 3. The standard InChI is InChI=1S/C27H27F3N2O3/c1-3-34-20-14-10-17(11-15-20)22-16-23(21-6-5-7-24(25(21)33)35-4-2)32-26(31-22)18-8-12-19(13-9-18)27(28,29)30/h5-16,23,26,31-33H,3-4H2,1-2H3. The zero-order chi connectivity index (χ0) is 25.0. The second kappa shape index (κ2) is 10.3. The number of benzene rings is 3. The van der Waals surface area contributed by atoms with Crippen molar-refractivity contribution >= 4 is 5.70 Å². The summed E-state index contributed by atoms with van der Waals surface area (Å²) < 4.78 is 50.3. The second-order valence-corrected chi connectivity index (χ2v) is 8.01. The number of hydrogen-bond donors (Lipinski definition) is 3. The maximum atomic E-state index is 13.1. The number of phenolic OH excluding ortho intramolecular Hbond substituents is 1. The molecule has 0 bridgehead atoms. The Labute approximate surface area is 202 Å². The molecule has 0 saturated carbocycles. The van der Waals surface area contributed by atoms with E-state index < -0.39 is 23.9 Å². The van der Waals surface area contributed by atoms with Crippen LogP contribution in [-0.2, 0) is 6.18 Å². The molecule has 5 nitrogen and oxygen atoms in total. The summed E-state index contributed by atoms with van der Waals surface area (Å²) in [7, 11) is 0. The number of rotatable bonds is 7. The van der Waals surface area contributed by atoms with Crippen molar-refractivity contribution in [3.05, 3.63) is 95.1 Å². The molecule has 8 heteroatoms. The summed E-state index contributed by atoms with van der Waals surface area (Å²) in [5, 5.41) is 17.6. The molecule has 1 aliphatic heterocycles. The smallest absolute Gasteiger partial charge is 0.416 e. The minimum absolute atomic E-state index is 0.0159. The first-order chi connectivity index (χ1) is 16.8. The van der Waals surface area contributed by atoms with Crippen molar-refractivity contribution in [2.45, 2.75) is 32.2 Å². The van der Waals surface area contributed by atoms with E-state index >= 15 is 0 Å². The summed E-state index contributed by atoms with van der Waals surface area (Å²) in [5.74, 6) is 1.12. The number of hydrogen-bond acceptors (Lipinski definition) is 5. The summed E-state index contributed by atoms with van der Waals surface area (Å²) in [6.45, 7) is 4.70. The van der Waals surface area contributed by atoms with Crippen molar-refractivity contribution in [2.75, 3.05) is 13.2 Å². The van der Waals surface area contributed by atoms with Crippen molar-refractivity contribution in [1.29, 1.82) is 0 Å². The number of alkyl halides is 3. The summed E-state index contributed by atoms with van der Waals surface area (Å²) in [6.07, 6.45) is -2.99. The summed E-state index contributed by atoms with van der Waals surface area (Å²) in [5.41, 5.74) is 2.15. The molecule has 2 atom stereocenters. The lowest BCUT2D eigenvalue weighted by molar-refractivity contribution is -0.137. The van der Waals surface area contributed by atoms with Crippen LogP contribution in [0, 0.1) is 0 Å². The molecule has 3 aromatic rings. The molecular weight excluding hydrogens is 457 g/mol. The van der Waals surface area contributed by atoms with E-state index in [9.17, 15) is 18.3 Å². The molecule has 1 heterocycles. The zero-order valence-corrected chi connectivity index (χ0v) is 19.4. The number of aromatic hydroxyl groups is 1. The van der Waals surface area contributed by atoms with Crippen LogP contribution in [0.15, 0.2) is 72.8 Å². The molecule has 0 saturated heterocycles. The minimum atomic E-state index is -4.41. The van der Waals surface area contributed by atoms with Crippen molar-refractivity contribution < 1.29 is 27.8 Å². The number of phenols is 1. The average molecular weight is 485 g/mol. The quantitative estimate of drug-likeness (QED) is 0.374. The van der Waals surface area contributed by atoms with Crippen LogP contribution in [0.5, 0.6) is 17.2 Å². The molecule has 0 aromatic heterocycles. The van der Waals surface area contributed by atoms with Crippen molar-refractivity contribution in [2.24, 2.45) is 0 Å². The van der Waals surface area contributed by atoms with Crippen LogP contribution in [0.4, 0.5) is 13.2 Å². The molecule has 35 heavy (non-hydrogen) atoms. The molecule has 0 fully saturated rings. The molecule has 0 aliphatic carbocycles. The van der Waals surface area contributed by atoms with E-state index in [2.05, 4.69) is 10.6 Å². The molecule has 3 N–H and O–H groups in total. The van der Waals surface area contributed by atoms with Crippen LogP contribution in [0.2, 0.25) is 0 Å². The summed E-state index contributed by atoms with van der Waals surface area (Å²) in [6, 6.07) is 17.4. The Morgan fingerprint density at radius 3 is 2.20 bits per heavy atom. The average Bonchev–Trinajstić information content (AvgIpc) is 2.85. The highest BCUT2D eigenvalue weighted by atomic mass is 19.4. The lowest BCUT2D eigenvalue weighted by atomic mass is 9.97. The minimum Gasteiger partial charge on any atom is -0.504 e. The molecule has 184 valence electrons. The lowest BCUT2D eigenvalue weighted by Crippen LogP contribution is -2.39. The Morgan fingerprint density at radius 2 is 1.57 bits per heavy atom. The third kappa shape index (κ3) is 5.54. The first-order valence-corrected chi connectivity index (χ1v) is 11.4. The van der Waals surface area contributed by atoms with Crippen molar-refractivity contribution in [3.8, 4) is 17.2 Å². The van der Waals surface area contributed by atoms with Crippen LogP contribution in [0.3, 0.4) is 0 Å². The van der Waals surface area contributed by atoms with Crippen LogP contribution >= 0.6 is 0 Å². The van der Waals surface area contributed by atoms with Crippen LogP contribution in [0.25, 0.3) is 5.70 Å². The van der Waals surface area contributed by atoms with Gasteiger partial charge in [-0.3, -0.25) is 5.32 Å². The fourth-order valence-electron chi connectivity index (χ4n) is 4.00. The topological polar surface area (TPSA) is 62.8 Å². The Morgan fingerprint density at radius 1 is 0.886 bits per heavy atom. The Bertz CT molecular complexity index is 1180. The number of ether oxygens (including phenoxy) is 2. The van der Waals surface area contributed by atoms with Gasteiger partial charge in [-0.2, -0.15) is 13.2 Å². The molecular formula is C27H27F3N2O3. The van der Waals surface area contributed by atoms with Crippen molar-refractivity contribution in [3.63, 3.8) is 0 Å². The van der Waals surface area contributed by atoms with Gasteiger partial charge in [0.2, 0.25) is 0 Å². The predicted molar refractivity (Wildman–Crippen MR) is 128 cm³/mol. The normalized spacial score (nSPS) is 17.9. The van der Waals surface area contributed by atoms with Gasteiger partial charge in [-0.25, -0.2) is 0 Å². The van der Waals surface area contributed by atoms with Gasteiger partial charge in [-0.1, -0.05) is 24.3 Å². The van der Waals surface area contributed by atoms with Gasteiger partial charge in [0, 0.05) is 11.3 Å². The SMILES string of the molecule is CCOc1ccc(C2=CC(c3cccc(OCC)c3O)NC(c3ccc(C(F)(F)F)cc3)N2)cc1. The third-order valence-corrected chi connectivity index (χ3v) is 5.69. The fourth-order valence-corrected chi connectivity index (χ4v) is 4.00. The summed E-state index contributed by atoms with van der Waals surface area (Å²) >= 11 is 0. The largest absolute Gasteiger partial charge is 0.504 e. The van der Waals surface area contributed by atoms with Crippen LogP contribution < -0.4 is 20.1 Å². The first kappa shape index (κ1) is 24.5. The van der Waals surface area contributed by atoms with E-state index in [-0.39, 0.29) is 5.75 Å².